The maximum Gasteiger partial charge on any atom is 0.350 e. The zero-order valence-electron chi connectivity index (χ0n) is 16.9. The molecule has 0 saturated heterocycles. The van der Waals surface area contributed by atoms with Gasteiger partial charge in [0, 0.05) is 12.7 Å². The van der Waals surface area contributed by atoms with Crippen molar-refractivity contribution in [2.24, 2.45) is 0 Å². The molecule has 152 valence electrons. The van der Waals surface area contributed by atoms with Crippen molar-refractivity contribution >= 4 is 18.0 Å². The van der Waals surface area contributed by atoms with Crippen LogP contribution in [-0.4, -0.2) is 31.0 Å². The number of ether oxygens (including phenoxy) is 3. The third-order valence-corrected chi connectivity index (χ3v) is 4.67. The van der Waals surface area contributed by atoms with Crippen LogP contribution in [0.1, 0.15) is 32.8 Å². The Balaban J connectivity index is 1.85. The van der Waals surface area contributed by atoms with E-state index >= 15 is 0 Å². The average molecular weight is 405 g/mol. The lowest BCUT2D eigenvalue weighted by atomic mass is 10.0. The molecule has 0 fully saturated rings. The van der Waals surface area contributed by atoms with E-state index < -0.39 is 5.60 Å². The largest absolute Gasteiger partial charge is 0.493 e. The fourth-order valence-corrected chi connectivity index (χ4v) is 2.80. The van der Waals surface area contributed by atoms with E-state index in [-0.39, 0.29) is 5.97 Å². The van der Waals surface area contributed by atoms with Gasteiger partial charge in [0.25, 0.3) is 0 Å². The Bertz CT molecular complexity index is 730. The molecule has 1 atom stereocenters. The summed E-state index contributed by atoms with van der Waals surface area (Å²) in [5, 5.41) is 0. The van der Waals surface area contributed by atoms with E-state index in [1.165, 1.54) is 17.6 Å². The summed E-state index contributed by atoms with van der Waals surface area (Å²) in [6.45, 7) is 6.32. The van der Waals surface area contributed by atoms with E-state index in [4.69, 9.17) is 18.4 Å². The predicted octanol–water partition coefficient (Wildman–Crippen LogP) is 5.08. The molecular weight excluding hydrogens is 376 g/mol. The lowest BCUT2D eigenvalue weighted by Crippen LogP contribution is -2.42. The first kappa shape index (κ1) is 22.0. The molecular formula is C22H28O5S. The molecule has 0 aromatic heterocycles. The Kier molecular flexibility index (Phi) is 8.51. The Morgan fingerprint density at radius 1 is 0.964 bits per heavy atom. The second-order valence-corrected chi connectivity index (χ2v) is 6.87. The van der Waals surface area contributed by atoms with Gasteiger partial charge >= 0.3 is 5.97 Å². The van der Waals surface area contributed by atoms with E-state index in [0.29, 0.717) is 25.4 Å². The quantitative estimate of drug-likeness (QED) is 0.385. The number of hydrogen-bond acceptors (Lipinski definition) is 6. The van der Waals surface area contributed by atoms with Gasteiger partial charge in [-0.3, -0.25) is 0 Å². The van der Waals surface area contributed by atoms with Crippen molar-refractivity contribution in [1.29, 1.82) is 0 Å². The van der Waals surface area contributed by atoms with E-state index in [0.717, 1.165) is 17.9 Å². The highest BCUT2D eigenvalue weighted by Crippen LogP contribution is 2.25. The second-order valence-electron chi connectivity index (χ2n) is 6.37. The van der Waals surface area contributed by atoms with Crippen molar-refractivity contribution in [2.75, 3.05) is 19.5 Å². The summed E-state index contributed by atoms with van der Waals surface area (Å²) in [4.78, 5) is 12.1. The molecule has 0 radical (unpaired) electrons. The molecule has 0 amide bonds. The minimum absolute atomic E-state index is 0.331. The summed E-state index contributed by atoms with van der Waals surface area (Å²) in [7, 11) is 0. The molecule has 2 aromatic carbocycles. The number of esters is 1. The summed E-state index contributed by atoms with van der Waals surface area (Å²) in [5.74, 6) is 1.85. The van der Waals surface area contributed by atoms with E-state index in [9.17, 15) is 4.79 Å². The molecule has 0 aliphatic carbocycles. The van der Waals surface area contributed by atoms with Crippen LogP contribution in [0.15, 0.2) is 48.5 Å². The van der Waals surface area contributed by atoms with Crippen LogP contribution in [0.5, 0.6) is 17.2 Å². The number of carbonyl (C=O) groups excluding carboxylic acids is 1. The van der Waals surface area contributed by atoms with Crippen LogP contribution in [0.25, 0.3) is 0 Å². The molecule has 6 heteroatoms. The topological polar surface area (TPSA) is 54.0 Å². The lowest BCUT2D eigenvalue weighted by Gasteiger charge is -2.27. The van der Waals surface area contributed by atoms with Crippen LogP contribution < -0.4 is 13.7 Å². The van der Waals surface area contributed by atoms with Crippen molar-refractivity contribution in [3.05, 3.63) is 54.1 Å². The monoisotopic (exact) mass is 404 g/mol. The van der Waals surface area contributed by atoms with E-state index in [1.807, 2.05) is 49.6 Å². The maximum absolute atomic E-state index is 12.1. The number of hydrogen-bond donors (Lipinski definition) is 0. The smallest absolute Gasteiger partial charge is 0.350 e. The third kappa shape index (κ3) is 6.37. The van der Waals surface area contributed by atoms with Gasteiger partial charge < -0.3 is 18.4 Å². The van der Waals surface area contributed by atoms with E-state index in [2.05, 4.69) is 0 Å². The van der Waals surface area contributed by atoms with Gasteiger partial charge in [0.05, 0.1) is 25.3 Å². The normalized spacial score (nSPS) is 12.7. The van der Waals surface area contributed by atoms with Crippen molar-refractivity contribution in [1.82, 2.24) is 0 Å². The van der Waals surface area contributed by atoms with Gasteiger partial charge in [-0.05, 0) is 62.2 Å². The molecule has 1 unspecified atom stereocenters. The van der Waals surface area contributed by atoms with E-state index in [1.54, 1.807) is 26.0 Å². The fraction of sp³-hybridized carbons (Fsp3) is 0.409. The first-order valence-corrected chi connectivity index (χ1v) is 10.5. The third-order valence-electron chi connectivity index (χ3n) is 4.31. The summed E-state index contributed by atoms with van der Waals surface area (Å²) < 4.78 is 22.2. The average Bonchev–Trinajstić information content (AvgIpc) is 2.71. The minimum Gasteiger partial charge on any atom is -0.493 e. The number of carbonyl (C=O) groups is 1. The molecule has 0 N–H and O–H groups in total. The predicted molar refractivity (Wildman–Crippen MR) is 112 cm³/mol. The Hall–Kier alpha value is -2.34. The molecule has 2 rings (SSSR count). The SMILES string of the molecule is CCOC(=O)C(C)(CC)Oc1ccc(OCCc2ccc(OSC)cc2)cc1. The van der Waals surface area contributed by atoms with Gasteiger partial charge in [0.15, 0.2) is 0 Å². The van der Waals surface area contributed by atoms with Gasteiger partial charge in [0.2, 0.25) is 5.60 Å². The zero-order chi connectivity index (χ0) is 20.4. The van der Waals surface area contributed by atoms with Gasteiger partial charge in [-0.1, -0.05) is 19.1 Å². The summed E-state index contributed by atoms with van der Waals surface area (Å²) >= 11 is 1.32. The van der Waals surface area contributed by atoms with Crippen LogP contribution in [0.2, 0.25) is 0 Å². The molecule has 2 aromatic rings. The van der Waals surface area contributed by atoms with Gasteiger partial charge in [-0.25, -0.2) is 4.79 Å². The molecule has 28 heavy (non-hydrogen) atoms. The van der Waals surface area contributed by atoms with Gasteiger partial charge in [0.1, 0.15) is 17.2 Å². The molecule has 0 bridgehead atoms. The molecule has 0 aliphatic rings. The highest BCUT2D eigenvalue weighted by molar-refractivity contribution is 7.94. The highest BCUT2D eigenvalue weighted by atomic mass is 32.2. The molecule has 5 nitrogen and oxygen atoms in total. The van der Waals surface area contributed by atoms with Crippen molar-refractivity contribution in [2.45, 2.75) is 39.2 Å². The Labute approximate surface area is 171 Å². The van der Waals surface area contributed by atoms with Crippen LogP contribution >= 0.6 is 12.0 Å². The Morgan fingerprint density at radius 2 is 1.57 bits per heavy atom. The van der Waals surface area contributed by atoms with Crippen molar-refractivity contribution in [3.8, 4) is 17.2 Å². The molecule has 0 heterocycles. The van der Waals surface area contributed by atoms with Crippen LogP contribution in [-0.2, 0) is 16.0 Å². The first-order valence-electron chi connectivity index (χ1n) is 9.39. The molecule has 0 saturated carbocycles. The molecule has 0 aliphatic heterocycles. The maximum atomic E-state index is 12.1. The summed E-state index contributed by atoms with van der Waals surface area (Å²) in [6, 6.07) is 15.3. The van der Waals surface area contributed by atoms with Gasteiger partial charge in [-0.15, -0.1) is 0 Å². The standard InChI is InChI=1S/C22H28O5S/c1-5-22(3,21(23)24-6-2)26-19-13-11-18(12-14-19)25-16-15-17-7-9-20(10-8-17)27-28-4/h7-14H,5-6,15-16H2,1-4H3. The van der Waals surface area contributed by atoms with Crippen molar-refractivity contribution < 1.29 is 23.2 Å². The Morgan fingerprint density at radius 3 is 2.14 bits per heavy atom. The van der Waals surface area contributed by atoms with Crippen molar-refractivity contribution in [3.63, 3.8) is 0 Å². The fourth-order valence-electron chi connectivity index (χ4n) is 2.50. The van der Waals surface area contributed by atoms with Crippen LogP contribution in [0.4, 0.5) is 0 Å². The number of benzene rings is 2. The lowest BCUT2D eigenvalue weighted by molar-refractivity contribution is -0.160. The van der Waals surface area contributed by atoms with Crippen LogP contribution in [0, 0.1) is 0 Å². The zero-order valence-corrected chi connectivity index (χ0v) is 17.7. The molecule has 0 spiro atoms. The highest BCUT2D eigenvalue weighted by Gasteiger charge is 2.35. The summed E-state index contributed by atoms with van der Waals surface area (Å²) in [5.41, 5.74) is 0.187. The first-order chi connectivity index (χ1) is 13.5. The van der Waals surface area contributed by atoms with Crippen LogP contribution in [0.3, 0.4) is 0 Å². The minimum atomic E-state index is -0.995. The van der Waals surface area contributed by atoms with Gasteiger partial charge in [-0.2, -0.15) is 0 Å². The second kappa shape index (κ2) is 10.9. The number of rotatable bonds is 11. The summed E-state index contributed by atoms with van der Waals surface area (Å²) in [6.07, 6.45) is 3.21.